The number of nitriles is 3. The van der Waals surface area contributed by atoms with Crippen molar-refractivity contribution >= 4 is 43.6 Å². The summed E-state index contributed by atoms with van der Waals surface area (Å²) in [6.45, 7) is 0. The Morgan fingerprint density at radius 2 is 1.03 bits per heavy atom. The molecular weight excluding hydrogens is 466 g/mol. The van der Waals surface area contributed by atoms with Crippen molar-refractivity contribution in [1.82, 2.24) is 9.13 Å². The predicted molar refractivity (Wildman–Crippen MR) is 149 cm³/mol. The van der Waals surface area contributed by atoms with E-state index in [1.807, 2.05) is 53.1 Å². The normalized spacial score (nSPS) is 11.1. The molecule has 38 heavy (non-hydrogen) atoms. The van der Waals surface area contributed by atoms with Gasteiger partial charge in [0.15, 0.2) is 0 Å². The molecule has 2 aromatic heterocycles. The topological polar surface area (TPSA) is 81.2 Å². The third-order valence-corrected chi connectivity index (χ3v) is 7.20. The monoisotopic (exact) mass is 483 g/mol. The summed E-state index contributed by atoms with van der Waals surface area (Å²) in [4.78, 5) is 0. The van der Waals surface area contributed by atoms with Crippen molar-refractivity contribution in [3.05, 3.63) is 120 Å². The van der Waals surface area contributed by atoms with E-state index in [0.717, 1.165) is 49.3 Å². The second kappa shape index (κ2) is 8.10. The van der Waals surface area contributed by atoms with E-state index in [0.29, 0.717) is 22.4 Å². The summed E-state index contributed by atoms with van der Waals surface area (Å²) in [7, 11) is 0. The van der Waals surface area contributed by atoms with Crippen LogP contribution < -0.4 is 0 Å². The van der Waals surface area contributed by atoms with Crippen molar-refractivity contribution < 1.29 is 0 Å². The maximum Gasteiger partial charge on any atom is 0.101 e. The molecule has 0 unspecified atom stereocenters. The Balaban J connectivity index is 1.71. The fourth-order valence-corrected chi connectivity index (χ4v) is 5.63. The van der Waals surface area contributed by atoms with Gasteiger partial charge in [-0.2, -0.15) is 15.8 Å². The highest BCUT2D eigenvalue weighted by Crippen LogP contribution is 2.40. The summed E-state index contributed by atoms with van der Waals surface area (Å²) >= 11 is 0. The number of benzene rings is 5. The van der Waals surface area contributed by atoms with E-state index in [1.165, 1.54) is 0 Å². The molecule has 0 atom stereocenters. The van der Waals surface area contributed by atoms with Crippen LogP contribution in [0.2, 0.25) is 0 Å². The lowest BCUT2D eigenvalue weighted by Gasteiger charge is -2.12. The van der Waals surface area contributed by atoms with Crippen LogP contribution in [0.15, 0.2) is 103 Å². The van der Waals surface area contributed by atoms with Crippen molar-refractivity contribution in [2.24, 2.45) is 0 Å². The van der Waals surface area contributed by atoms with Gasteiger partial charge in [-0.15, -0.1) is 0 Å². The summed E-state index contributed by atoms with van der Waals surface area (Å²) in [5.41, 5.74) is 6.79. The van der Waals surface area contributed by atoms with Gasteiger partial charge in [-0.25, -0.2) is 0 Å². The lowest BCUT2D eigenvalue weighted by molar-refractivity contribution is 1.15. The number of aromatic nitrogens is 2. The van der Waals surface area contributed by atoms with Crippen LogP contribution in [-0.2, 0) is 0 Å². The molecule has 0 saturated carbocycles. The number of hydrogen-bond donors (Lipinski definition) is 0. The molecule has 7 aromatic rings. The van der Waals surface area contributed by atoms with Crippen LogP contribution in [0.3, 0.4) is 0 Å². The first kappa shape index (κ1) is 21.5. The quantitative estimate of drug-likeness (QED) is 0.255. The van der Waals surface area contributed by atoms with Gasteiger partial charge in [0.1, 0.15) is 12.1 Å². The third-order valence-electron chi connectivity index (χ3n) is 7.20. The maximum atomic E-state index is 9.99. The van der Waals surface area contributed by atoms with Gasteiger partial charge < -0.3 is 9.13 Å². The van der Waals surface area contributed by atoms with Crippen LogP contribution >= 0.6 is 0 Å². The summed E-state index contributed by atoms with van der Waals surface area (Å²) < 4.78 is 4.21. The first-order valence-corrected chi connectivity index (χ1v) is 12.1. The maximum absolute atomic E-state index is 9.99. The van der Waals surface area contributed by atoms with Crippen LogP contribution in [0.4, 0.5) is 0 Å². The van der Waals surface area contributed by atoms with Crippen molar-refractivity contribution in [3.63, 3.8) is 0 Å². The third kappa shape index (κ3) is 2.89. The van der Waals surface area contributed by atoms with E-state index in [9.17, 15) is 15.8 Å². The van der Waals surface area contributed by atoms with Gasteiger partial charge in [0, 0.05) is 27.2 Å². The van der Waals surface area contributed by atoms with Gasteiger partial charge in [-0.3, -0.25) is 0 Å². The van der Waals surface area contributed by atoms with Crippen molar-refractivity contribution in [3.8, 4) is 29.6 Å². The lowest BCUT2D eigenvalue weighted by atomic mass is 10.1. The molecule has 0 aliphatic rings. The van der Waals surface area contributed by atoms with Gasteiger partial charge in [-0.1, -0.05) is 48.5 Å². The molecule has 0 aliphatic heterocycles. The Morgan fingerprint density at radius 3 is 1.66 bits per heavy atom. The summed E-state index contributed by atoms with van der Waals surface area (Å²) in [5.74, 6) is 0. The first-order chi connectivity index (χ1) is 18.7. The summed E-state index contributed by atoms with van der Waals surface area (Å²) in [6, 6.07) is 40.4. The molecule has 0 N–H and O–H groups in total. The Kier molecular flexibility index (Phi) is 4.57. The fraction of sp³-hybridized carbons (Fsp3) is 0. The molecule has 7 rings (SSSR count). The van der Waals surface area contributed by atoms with Crippen LogP contribution in [0, 0.1) is 34.0 Å². The standard InChI is InChI=1S/C33H17N5/c34-18-21-7-5-10-24(15-21)37-29-13-3-1-11-25(29)27-16-28-26-12-2-4-14-30(26)38(32(28)17-31(27)37)33-22(19-35)8-6-9-23(33)20-36/h1-17H. The van der Waals surface area contributed by atoms with Gasteiger partial charge in [0.2, 0.25) is 0 Å². The Morgan fingerprint density at radius 1 is 0.447 bits per heavy atom. The van der Waals surface area contributed by atoms with Gasteiger partial charge in [-0.05, 0) is 54.6 Å². The molecule has 0 bridgehead atoms. The zero-order valence-electron chi connectivity index (χ0n) is 20.1. The lowest BCUT2D eigenvalue weighted by Crippen LogP contribution is -2.01. The molecule has 5 heteroatoms. The van der Waals surface area contributed by atoms with Gasteiger partial charge in [0.05, 0.1) is 50.5 Å². The number of para-hydroxylation sites is 3. The second-order valence-electron chi connectivity index (χ2n) is 9.18. The molecule has 0 fully saturated rings. The molecule has 0 aliphatic carbocycles. The minimum atomic E-state index is 0.439. The highest BCUT2D eigenvalue weighted by molar-refractivity contribution is 6.19. The minimum Gasteiger partial charge on any atom is -0.309 e. The minimum absolute atomic E-state index is 0.439. The molecule has 0 amide bonds. The number of hydrogen-bond acceptors (Lipinski definition) is 3. The predicted octanol–water partition coefficient (Wildman–Crippen LogP) is 7.50. The van der Waals surface area contributed by atoms with Crippen molar-refractivity contribution in [1.29, 1.82) is 15.8 Å². The Labute approximate surface area is 217 Å². The average Bonchev–Trinajstić information content (AvgIpc) is 3.47. The Bertz CT molecular complexity index is 2190. The average molecular weight is 484 g/mol. The molecule has 5 aromatic carbocycles. The molecule has 174 valence electrons. The van der Waals surface area contributed by atoms with Crippen molar-refractivity contribution in [2.75, 3.05) is 0 Å². The van der Waals surface area contributed by atoms with E-state index in [-0.39, 0.29) is 0 Å². The number of rotatable bonds is 2. The van der Waals surface area contributed by atoms with Crippen LogP contribution in [0.1, 0.15) is 16.7 Å². The molecule has 2 heterocycles. The molecular formula is C33H17N5. The molecule has 0 saturated heterocycles. The van der Waals surface area contributed by atoms with E-state index in [4.69, 9.17) is 0 Å². The van der Waals surface area contributed by atoms with Crippen molar-refractivity contribution in [2.45, 2.75) is 0 Å². The van der Waals surface area contributed by atoms with E-state index < -0.39 is 0 Å². The number of nitrogens with zero attached hydrogens (tertiary/aromatic N) is 5. The zero-order valence-corrected chi connectivity index (χ0v) is 20.1. The zero-order chi connectivity index (χ0) is 25.8. The second-order valence-corrected chi connectivity index (χ2v) is 9.18. The summed E-state index contributed by atoms with van der Waals surface area (Å²) in [5, 5.41) is 33.8. The molecule has 0 spiro atoms. The van der Waals surface area contributed by atoms with Crippen LogP contribution in [0.25, 0.3) is 55.0 Å². The van der Waals surface area contributed by atoms with Gasteiger partial charge in [0.25, 0.3) is 0 Å². The smallest absolute Gasteiger partial charge is 0.101 e. The molecule has 0 radical (unpaired) electrons. The number of fused-ring (bicyclic) bond motifs is 6. The van der Waals surface area contributed by atoms with Crippen LogP contribution in [-0.4, -0.2) is 9.13 Å². The highest BCUT2D eigenvalue weighted by Gasteiger charge is 2.21. The highest BCUT2D eigenvalue weighted by atomic mass is 15.0. The van der Waals surface area contributed by atoms with E-state index >= 15 is 0 Å². The Hall–Kier alpha value is -5.83. The molecule has 5 nitrogen and oxygen atoms in total. The van der Waals surface area contributed by atoms with E-state index in [2.05, 4.69) is 53.1 Å². The van der Waals surface area contributed by atoms with E-state index in [1.54, 1.807) is 24.3 Å². The largest absolute Gasteiger partial charge is 0.309 e. The first-order valence-electron chi connectivity index (χ1n) is 12.1. The van der Waals surface area contributed by atoms with Crippen LogP contribution in [0.5, 0.6) is 0 Å². The summed E-state index contributed by atoms with van der Waals surface area (Å²) in [6.07, 6.45) is 0. The fourth-order valence-electron chi connectivity index (χ4n) is 5.63. The van der Waals surface area contributed by atoms with Gasteiger partial charge >= 0.3 is 0 Å². The SMILES string of the molecule is N#Cc1cccc(-n2c3ccccc3c3cc4c5ccccc5n(-c5c(C#N)cccc5C#N)c4cc32)c1.